The van der Waals surface area contributed by atoms with E-state index in [4.69, 9.17) is 4.74 Å². The lowest BCUT2D eigenvalue weighted by molar-refractivity contribution is 0.0278. The summed E-state index contributed by atoms with van der Waals surface area (Å²) in [6.45, 7) is 11.7. The van der Waals surface area contributed by atoms with E-state index in [1.54, 1.807) is 0 Å². The Kier molecular flexibility index (Phi) is 5.89. The molecule has 0 aliphatic carbocycles. The Morgan fingerprint density at radius 3 is 2.42 bits per heavy atom. The normalized spacial score (nSPS) is 25.0. The van der Waals surface area contributed by atoms with Crippen LogP contribution >= 0.6 is 12.4 Å². The van der Waals surface area contributed by atoms with Gasteiger partial charge in [-0.15, -0.1) is 12.4 Å². The highest BCUT2D eigenvalue weighted by Crippen LogP contribution is 2.19. The second-order valence-electron chi connectivity index (χ2n) is 6.15. The summed E-state index contributed by atoms with van der Waals surface area (Å²) < 4.78 is 5.41. The summed E-state index contributed by atoms with van der Waals surface area (Å²) in [5.41, 5.74) is -0.399. The maximum Gasteiger partial charge on any atom is 0.410 e. The number of nitrogens with one attached hydrogen (secondary N) is 1. The molecule has 0 spiro atoms. The summed E-state index contributed by atoms with van der Waals surface area (Å²) in [5, 5.41) is 3.36. The van der Waals surface area contributed by atoms with Gasteiger partial charge in [0.2, 0.25) is 0 Å². The van der Waals surface area contributed by atoms with Crippen molar-refractivity contribution in [2.75, 3.05) is 39.3 Å². The van der Waals surface area contributed by atoms with Gasteiger partial charge in [0.15, 0.2) is 0 Å². The van der Waals surface area contributed by atoms with Gasteiger partial charge in [0.1, 0.15) is 5.60 Å². The average molecular weight is 292 g/mol. The zero-order valence-corrected chi connectivity index (χ0v) is 13.0. The third-order valence-electron chi connectivity index (χ3n) is 3.48. The number of piperazine rings is 1. The maximum absolute atomic E-state index is 12.0. The first-order chi connectivity index (χ1) is 8.46. The fourth-order valence-corrected chi connectivity index (χ4v) is 2.58. The van der Waals surface area contributed by atoms with Gasteiger partial charge in [0, 0.05) is 45.3 Å². The van der Waals surface area contributed by atoms with E-state index in [0.717, 1.165) is 45.7 Å². The Hall–Kier alpha value is -0.520. The topological polar surface area (TPSA) is 44.8 Å². The molecule has 0 aromatic rings. The molecule has 19 heavy (non-hydrogen) atoms. The van der Waals surface area contributed by atoms with Crippen LogP contribution in [0.25, 0.3) is 0 Å². The van der Waals surface area contributed by atoms with Crippen LogP contribution in [0.2, 0.25) is 0 Å². The van der Waals surface area contributed by atoms with Gasteiger partial charge in [-0.3, -0.25) is 4.90 Å². The molecule has 0 saturated carbocycles. The van der Waals surface area contributed by atoms with Crippen LogP contribution in [0.4, 0.5) is 4.79 Å². The van der Waals surface area contributed by atoms with Gasteiger partial charge in [0.25, 0.3) is 0 Å². The minimum atomic E-state index is -0.399. The summed E-state index contributed by atoms with van der Waals surface area (Å²) in [6.07, 6.45) is 0.902. The molecule has 0 aromatic heterocycles. The lowest BCUT2D eigenvalue weighted by Crippen LogP contribution is -2.49. The fourth-order valence-electron chi connectivity index (χ4n) is 2.58. The fraction of sp³-hybridized carbons (Fsp3) is 0.923. The predicted octanol–water partition coefficient (Wildman–Crippen LogP) is 1.32. The van der Waals surface area contributed by atoms with E-state index in [9.17, 15) is 4.79 Å². The lowest BCUT2D eigenvalue weighted by Gasteiger charge is -2.32. The zero-order valence-electron chi connectivity index (χ0n) is 12.1. The molecule has 2 fully saturated rings. The number of nitrogens with zero attached hydrogens (tertiary/aromatic N) is 2. The Labute approximate surface area is 122 Å². The second-order valence-corrected chi connectivity index (χ2v) is 6.15. The molecule has 112 valence electrons. The predicted molar refractivity (Wildman–Crippen MR) is 77.9 cm³/mol. The number of hydrogen-bond acceptors (Lipinski definition) is 4. The highest BCUT2D eigenvalue weighted by Gasteiger charge is 2.32. The Morgan fingerprint density at radius 1 is 1.21 bits per heavy atom. The molecule has 5 nitrogen and oxygen atoms in total. The quantitative estimate of drug-likeness (QED) is 0.791. The molecule has 0 unspecified atom stereocenters. The van der Waals surface area contributed by atoms with Crippen molar-refractivity contribution in [3.05, 3.63) is 0 Å². The van der Waals surface area contributed by atoms with Crippen molar-refractivity contribution < 1.29 is 9.53 Å². The number of likely N-dealkylation sites (tertiary alicyclic amines) is 1. The molecule has 2 aliphatic rings. The number of amides is 1. The van der Waals surface area contributed by atoms with E-state index in [2.05, 4.69) is 10.2 Å². The monoisotopic (exact) mass is 291 g/mol. The number of carbonyl (C=O) groups excluding carboxylic acids is 1. The Bertz CT molecular complexity index is 301. The highest BCUT2D eigenvalue weighted by atomic mass is 35.5. The third-order valence-corrected chi connectivity index (χ3v) is 3.48. The molecule has 0 bridgehead atoms. The van der Waals surface area contributed by atoms with E-state index in [1.807, 2.05) is 25.7 Å². The molecule has 2 heterocycles. The van der Waals surface area contributed by atoms with Gasteiger partial charge in [-0.05, 0) is 27.2 Å². The molecule has 0 radical (unpaired) electrons. The highest BCUT2D eigenvalue weighted by molar-refractivity contribution is 5.85. The summed E-state index contributed by atoms with van der Waals surface area (Å²) in [6, 6.07) is 0.514. The van der Waals surface area contributed by atoms with Crippen LogP contribution in [0.3, 0.4) is 0 Å². The molecule has 6 heteroatoms. The van der Waals surface area contributed by atoms with Crippen molar-refractivity contribution in [1.29, 1.82) is 0 Å². The minimum Gasteiger partial charge on any atom is -0.444 e. The summed E-state index contributed by atoms with van der Waals surface area (Å²) in [7, 11) is 0. The van der Waals surface area contributed by atoms with Gasteiger partial charge >= 0.3 is 6.09 Å². The summed E-state index contributed by atoms with van der Waals surface area (Å²) >= 11 is 0. The number of ether oxygens (including phenoxy) is 1. The largest absolute Gasteiger partial charge is 0.444 e. The van der Waals surface area contributed by atoms with Gasteiger partial charge in [-0.25, -0.2) is 4.79 Å². The maximum atomic E-state index is 12.0. The van der Waals surface area contributed by atoms with E-state index < -0.39 is 5.60 Å². The van der Waals surface area contributed by atoms with Crippen LogP contribution in [0.1, 0.15) is 27.2 Å². The molecule has 1 N–H and O–H groups in total. The van der Waals surface area contributed by atoms with Crippen molar-refractivity contribution in [2.45, 2.75) is 38.8 Å². The zero-order chi connectivity index (χ0) is 13.2. The second kappa shape index (κ2) is 6.77. The van der Waals surface area contributed by atoms with Gasteiger partial charge in [0.05, 0.1) is 0 Å². The van der Waals surface area contributed by atoms with Crippen LogP contribution in [0, 0.1) is 0 Å². The van der Waals surface area contributed by atoms with Crippen molar-refractivity contribution in [3.63, 3.8) is 0 Å². The smallest absolute Gasteiger partial charge is 0.410 e. The number of rotatable bonds is 1. The molecule has 2 saturated heterocycles. The average Bonchev–Trinajstić information content (AvgIpc) is 2.77. The lowest BCUT2D eigenvalue weighted by atomic mass is 10.2. The number of halogens is 1. The van der Waals surface area contributed by atoms with E-state index in [1.165, 1.54) is 0 Å². The van der Waals surface area contributed by atoms with Crippen LogP contribution < -0.4 is 5.32 Å². The van der Waals surface area contributed by atoms with E-state index in [0.29, 0.717) is 6.04 Å². The first-order valence-electron chi connectivity index (χ1n) is 6.88. The first kappa shape index (κ1) is 16.5. The number of carbonyl (C=O) groups is 1. The van der Waals surface area contributed by atoms with Gasteiger partial charge in [-0.1, -0.05) is 0 Å². The van der Waals surface area contributed by atoms with Crippen molar-refractivity contribution >= 4 is 18.5 Å². The van der Waals surface area contributed by atoms with Gasteiger partial charge < -0.3 is 15.0 Å². The van der Waals surface area contributed by atoms with Crippen molar-refractivity contribution in [3.8, 4) is 0 Å². The molecule has 2 aliphatic heterocycles. The van der Waals surface area contributed by atoms with E-state index >= 15 is 0 Å². The third kappa shape index (κ3) is 4.82. The Balaban J connectivity index is 0.00000180. The first-order valence-corrected chi connectivity index (χ1v) is 6.88. The van der Waals surface area contributed by atoms with Crippen LogP contribution in [-0.2, 0) is 4.74 Å². The molecule has 2 rings (SSSR count). The minimum absolute atomic E-state index is 0. The molecule has 1 amide bonds. The molecular formula is C13H26ClN3O2. The molecular weight excluding hydrogens is 266 g/mol. The summed E-state index contributed by atoms with van der Waals surface area (Å²) in [5.74, 6) is 0. The van der Waals surface area contributed by atoms with E-state index in [-0.39, 0.29) is 18.5 Å². The molecule has 1 atom stereocenters. The van der Waals surface area contributed by atoms with Gasteiger partial charge in [-0.2, -0.15) is 0 Å². The standard InChI is InChI=1S/C13H25N3O2.ClH/c1-13(2,3)18-12(17)16-7-4-11(10-16)15-8-5-14-6-9-15;/h11,14H,4-10H2,1-3H3;1H/t11-;/m1./s1. The van der Waals surface area contributed by atoms with Crippen LogP contribution in [-0.4, -0.2) is 66.8 Å². The molecule has 0 aromatic carbocycles. The number of hydrogen-bond donors (Lipinski definition) is 1. The Morgan fingerprint density at radius 2 is 1.84 bits per heavy atom. The van der Waals surface area contributed by atoms with Crippen LogP contribution in [0.5, 0.6) is 0 Å². The SMILES string of the molecule is CC(C)(C)OC(=O)N1CC[C@@H](N2CCNCC2)C1.Cl. The van der Waals surface area contributed by atoms with Crippen molar-refractivity contribution in [1.82, 2.24) is 15.1 Å². The summed E-state index contributed by atoms with van der Waals surface area (Å²) in [4.78, 5) is 16.3. The van der Waals surface area contributed by atoms with Crippen LogP contribution in [0.15, 0.2) is 0 Å². The van der Waals surface area contributed by atoms with Crippen molar-refractivity contribution in [2.24, 2.45) is 0 Å².